The van der Waals surface area contributed by atoms with Crippen LogP contribution in [0.3, 0.4) is 0 Å². The zero-order chi connectivity index (χ0) is 13.3. The number of rotatable bonds is 2. The maximum absolute atomic E-state index is 12.4. The number of hydrogen-bond donors (Lipinski definition) is 0. The van der Waals surface area contributed by atoms with Crippen molar-refractivity contribution >= 4 is 17.7 Å². The highest BCUT2D eigenvalue weighted by atomic mass is 16.3. The number of furan rings is 1. The predicted molar refractivity (Wildman–Crippen MR) is 67.1 cm³/mol. The van der Waals surface area contributed by atoms with E-state index in [0.717, 1.165) is 0 Å². The van der Waals surface area contributed by atoms with Crippen LogP contribution in [0, 0.1) is 0 Å². The molecule has 0 atom stereocenters. The van der Waals surface area contributed by atoms with Gasteiger partial charge in [0.25, 0.3) is 5.91 Å². The molecule has 0 N–H and O–H groups in total. The van der Waals surface area contributed by atoms with Crippen LogP contribution < -0.4 is 4.90 Å². The maximum Gasteiger partial charge on any atom is 0.254 e. The third kappa shape index (κ3) is 1.81. The molecule has 2 amide bonds. The Balaban J connectivity index is 2.28. The highest BCUT2D eigenvalue weighted by molar-refractivity contribution is 6.03. The van der Waals surface area contributed by atoms with Crippen LogP contribution in [0.15, 0.2) is 35.5 Å². The lowest BCUT2D eigenvalue weighted by Crippen LogP contribution is -2.64. The first-order valence-electron chi connectivity index (χ1n) is 5.78. The van der Waals surface area contributed by atoms with Gasteiger partial charge in [-0.3, -0.25) is 14.5 Å². The Labute approximate surface area is 106 Å². The molecule has 96 valence electrons. The number of piperazine rings is 1. The molecule has 0 bridgehead atoms. The van der Waals surface area contributed by atoms with Gasteiger partial charge in [-0.15, -0.1) is 0 Å². The van der Waals surface area contributed by atoms with Crippen molar-refractivity contribution in [1.82, 2.24) is 4.90 Å². The summed E-state index contributed by atoms with van der Waals surface area (Å²) in [5.74, 6) is 0.130. The fourth-order valence-corrected chi connectivity index (χ4v) is 2.16. The van der Waals surface area contributed by atoms with Crippen LogP contribution in [-0.4, -0.2) is 35.3 Å². The van der Waals surface area contributed by atoms with Gasteiger partial charge in [-0.25, -0.2) is 0 Å². The summed E-state index contributed by atoms with van der Waals surface area (Å²) in [6, 6.07) is 3.47. The second kappa shape index (κ2) is 4.33. The van der Waals surface area contributed by atoms with E-state index in [1.807, 2.05) is 0 Å². The molecule has 0 aliphatic carbocycles. The van der Waals surface area contributed by atoms with Crippen LogP contribution in [0.2, 0.25) is 0 Å². The Morgan fingerprint density at radius 2 is 2.22 bits per heavy atom. The Morgan fingerprint density at radius 1 is 1.50 bits per heavy atom. The number of nitrogens with zero attached hydrogens (tertiary/aromatic N) is 2. The van der Waals surface area contributed by atoms with Gasteiger partial charge in [0.15, 0.2) is 0 Å². The summed E-state index contributed by atoms with van der Waals surface area (Å²) < 4.78 is 5.24. The van der Waals surface area contributed by atoms with E-state index < -0.39 is 5.54 Å². The van der Waals surface area contributed by atoms with Gasteiger partial charge in [0.05, 0.1) is 6.26 Å². The molecule has 18 heavy (non-hydrogen) atoms. The molecule has 0 aromatic carbocycles. The minimum atomic E-state index is -0.893. The highest BCUT2D eigenvalue weighted by Gasteiger charge is 2.44. The van der Waals surface area contributed by atoms with E-state index in [9.17, 15) is 9.59 Å². The lowest BCUT2D eigenvalue weighted by molar-refractivity contribution is -0.143. The molecule has 1 saturated heterocycles. The third-order valence-electron chi connectivity index (χ3n) is 3.20. The van der Waals surface area contributed by atoms with Crippen molar-refractivity contribution in [3.63, 3.8) is 0 Å². The van der Waals surface area contributed by atoms with Crippen LogP contribution in [0.25, 0.3) is 0 Å². The monoisotopic (exact) mass is 248 g/mol. The first-order chi connectivity index (χ1) is 8.48. The average molecular weight is 248 g/mol. The van der Waals surface area contributed by atoms with Crippen molar-refractivity contribution in [2.75, 3.05) is 18.0 Å². The number of carbonyl (C=O) groups is 2. The second-order valence-corrected chi connectivity index (χ2v) is 4.66. The summed E-state index contributed by atoms with van der Waals surface area (Å²) in [5.41, 5.74) is -0.893. The summed E-state index contributed by atoms with van der Waals surface area (Å²) in [7, 11) is 0. The molecule has 0 spiro atoms. The molecule has 2 heterocycles. The van der Waals surface area contributed by atoms with Crippen molar-refractivity contribution in [3.8, 4) is 0 Å². The molecular weight excluding hydrogens is 232 g/mol. The maximum atomic E-state index is 12.4. The van der Waals surface area contributed by atoms with Crippen molar-refractivity contribution < 1.29 is 14.0 Å². The number of anilines is 1. The predicted octanol–water partition coefficient (Wildman–Crippen LogP) is 1.42. The molecule has 1 fully saturated rings. The fraction of sp³-hybridized carbons (Fsp3) is 0.385. The van der Waals surface area contributed by atoms with E-state index in [-0.39, 0.29) is 11.8 Å². The van der Waals surface area contributed by atoms with Crippen LogP contribution in [-0.2, 0) is 9.59 Å². The molecule has 1 aromatic heterocycles. The lowest BCUT2D eigenvalue weighted by Gasteiger charge is -2.44. The average Bonchev–Trinajstić information content (AvgIpc) is 2.85. The van der Waals surface area contributed by atoms with E-state index >= 15 is 0 Å². The minimum Gasteiger partial charge on any atom is -0.448 e. The smallest absolute Gasteiger partial charge is 0.254 e. The number of amides is 2. The van der Waals surface area contributed by atoms with E-state index in [4.69, 9.17) is 4.42 Å². The largest absolute Gasteiger partial charge is 0.448 e. The van der Waals surface area contributed by atoms with E-state index in [1.54, 1.807) is 30.9 Å². The second-order valence-electron chi connectivity index (χ2n) is 4.66. The molecule has 0 saturated carbocycles. The quantitative estimate of drug-likeness (QED) is 0.744. The molecular formula is C13H16N2O3. The lowest BCUT2D eigenvalue weighted by atomic mass is 9.97. The Kier molecular flexibility index (Phi) is 2.98. The molecule has 5 nitrogen and oxygen atoms in total. The van der Waals surface area contributed by atoms with Crippen molar-refractivity contribution in [3.05, 3.63) is 31.1 Å². The van der Waals surface area contributed by atoms with Crippen LogP contribution in [0.5, 0.6) is 0 Å². The zero-order valence-corrected chi connectivity index (χ0v) is 10.5. The number of hydrogen-bond acceptors (Lipinski definition) is 3. The summed E-state index contributed by atoms with van der Waals surface area (Å²) >= 11 is 0. The Bertz CT molecular complexity index is 476. The van der Waals surface area contributed by atoms with Gasteiger partial charge < -0.3 is 9.32 Å². The molecule has 1 aromatic rings. The first kappa shape index (κ1) is 12.4. The van der Waals surface area contributed by atoms with E-state index in [2.05, 4.69) is 6.58 Å². The van der Waals surface area contributed by atoms with Gasteiger partial charge in [0.1, 0.15) is 5.54 Å². The van der Waals surface area contributed by atoms with E-state index in [0.29, 0.717) is 19.0 Å². The molecule has 5 heteroatoms. The van der Waals surface area contributed by atoms with Gasteiger partial charge in [0.2, 0.25) is 11.8 Å². The van der Waals surface area contributed by atoms with Gasteiger partial charge in [-0.05, 0) is 26.0 Å². The fourth-order valence-electron chi connectivity index (χ4n) is 2.16. The standard InChI is InChI=1S/C13H16N2O3/c1-4-10(16)15-8-7-14(11-6-5-9-18-11)12(17)13(15,2)3/h4-6,9H,1,7-8H2,2-3H3. The molecule has 1 aliphatic heterocycles. The van der Waals surface area contributed by atoms with Crippen molar-refractivity contribution in [2.24, 2.45) is 0 Å². The molecule has 0 unspecified atom stereocenters. The molecule has 1 aliphatic rings. The van der Waals surface area contributed by atoms with Gasteiger partial charge in [0, 0.05) is 19.2 Å². The normalized spacial score (nSPS) is 18.9. The summed E-state index contributed by atoms with van der Waals surface area (Å²) in [5, 5.41) is 0. The number of carbonyl (C=O) groups excluding carboxylic acids is 2. The molecule has 0 radical (unpaired) electrons. The van der Waals surface area contributed by atoms with Crippen molar-refractivity contribution in [2.45, 2.75) is 19.4 Å². The zero-order valence-electron chi connectivity index (χ0n) is 10.5. The van der Waals surface area contributed by atoms with Gasteiger partial charge in [-0.2, -0.15) is 0 Å². The summed E-state index contributed by atoms with van der Waals surface area (Å²) in [6.45, 7) is 7.81. The van der Waals surface area contributed by atoms with Crippen LogP contribution in [0.1, 0.15) is 13.8 Å². The first-order valence-corrected chi connectivity index (χ1v) is 5.78. The Hall–Kier alpha value is -2.04. The summed E-state index contributed by atoms with van der Waals surface area (Å²) in [6.07, 6.45) is 2.76. The third-order valence-corrected chi connectivity index (χ3v) is 3.20. The minimum absolute atomic E-state index is 0.154. The van der Waals surface area contributed by atoms with E-state index in [1.165, 1.54) is 17.2 Å². The van der Waals surface area contributed by atoms with Crippen LogP contribution >= 0.6 is 0 Å². The highest BCUT2D eigenvalue weighted by Crippen LogP contribution is 2.27. The van der Waals surface area contributed by atoms with Crippen LogP contribution in [0.4, 0.5) is 5.88 Å². The van der Waals surface area contributed by atoms with Gasteiger partial charge in [-0.1, -0.05) is 6.58 Å². The van der Waals surface area contributed by atoms with Gasteiger partial charge >= 0.3 is 0 Å². The topological polar surface area (TPSA) is 53.8 Å². The Morgan fingerprint density at radius 3 is 2.78 bits per heavy atom. The van der Waals surface area contributed by atoms with Crippen molar-refractivity contribution in [1.29, 1.82) is 0 Å². The molecule has 2 rings (SSSR count). The summed E-state index contributed by atoms with van der Waals surface area (Å²) in [4.78, 5) is 27.2. The SMILES string of the molecule is C=CC(=O)N1CCN(c2ccco2)C(=O)C1(C)C.